The van der Waals surface area contributed by atoms with Gasteiger partial charge in [-0.15, -0.1) is 0 Å². The van der Waals surface area contributed by atoms with Gasteiger partial charge in [-0.3, -0.25) is 4.79 Å². The molecular formula is C19H24N2O2. The molecule has 0 aliphatic heterocycles. The molecule has 0 aliphatic carbocycles. The van der Waals surface area contributed by atoms with Crippen LogP contribution < -0.4 is 15.8 Å². The fourth-order valence-electron chi connectivity index (χ4n) is 2.40. The molecule has 0 saturated carbocycles. The first-order chi connectivity index (χ1) is 11.0. The Bertz CT molecular complexity index is 633. The molecule has 0 bridgehead atoms. The number of benzene rings is 2. The molecule has 2 aromatic rings. The van der Waals surface area contributed by atoms with E-state index in [1.807, 2.05) is 62.4 Å². The minimum absolute atomic E-state index is 0.191. The van der Waals surface area contributed by atoms with Gasteiger partial charge in [-0.25, -0.2) is 0 Å². The highest BCUT2D eigenvalue weighted by Crippen LogP contribution is 2.24. The summed E-state index contributed by atoms with van der Waals surface area (Å²) in [5, 5.41) is 2.95. The standard InChI is InChI=1S/C19H24N2O2/c1-13-8-7-9-14(2)18(13)23-12-17(21-19(22)15(3)20)16-10-5-4-6-11-16/h4-11,15,17H,12,20H2,1-3H3,(H,21,22)/t15-,17?/m0/s1. The van der Waals surface area contributed by atoms with Gasteiger partial charge < -0.3 is 15.8 Å². The lowest BCUT2D eigenvalue weighted by atomic mass is 10.1. The minimum atomic E-state index is -0.554. The molecule has 0 spiro atoms. The number of ether oxygens (including phenoxy) is 1. The van der Waals surface area contributed by atoms with Gasteiger partial charge in [-0.1, -0.05) is 48.5 Å². The van der Waals surface area contributed by atoms with Crippen molar-refractivity contribution in [3.63, 3.8) is 0 Å². The summed E-state index contributed by atoms with van der Waals surface area (Å²) in [5.74, 6) is 0.674. The maximum atomic E-state index is 12.0. The number of para-hydroxylation sites is 1. The highest BCUT2D eigenvalue weighted by atomic mass is 16.5. The van der Waals surface area contributed by atoms with Crippen LogP contribution in [0.15, 0.2) is 48.5 Å². The molecule has 2 aromatic carbocycles. The molecular weight excluding hydrogens is 288 g/mol. The fraction of sp³-hybridized carbons (Fsp3) is 0.316. The number of carbonyl (C=O) groups is 1. The molecule has 0 radical (unpaired) electrons. The molecule has 122 valence electrons. The first-order valence-corrected chi connectivity index (χ1v) is 7.79. The van der Waals surface area contributed by atoms with Crippen molar-refractivity contribution in [1.82, 2.24) is 5.32 Å². The van der Waals surface area contributed by atoms with Crippen molar-refractivity contribution in [3.8, 4) is 5.75 Å². The highest BCUT2D eigenvalue weighted by molar-refractivity contribution is 5.81. The first-order valence-electron chi connectivity index (χ1n) is 7.79. The molecule has 0 aromatic heterocycles. The summed E-state index contributed by atoms with van der Waals surface area (Å²) in [6, 6.07) is 15.0. The van der Waals surface area contributed by atoms with Crippen LogP contribution in [0.1, 0.15) is 29.7 Å². The van der Waals surface area contributed by atoms with E-state index in [1.54, 1.807) is 6.92 Å². The Kier molecular flexibility index (Phi) is 5.77. The maximum absolute atomic E-state index is 12.0. The summed E-state index contributed by atoms with van der Waals surface area (Å²) in [5.41, 5.74) is 8.82. The van der Waals surface area contributed by atoms with E-state index in [0.717, 1.165) is 22.4 Å². The van der Waals surface area contributed by atoms with Crippen LogP contribution in [0, 0.1) is 13.8 Å². The Hall–Kier alpha value is -2.33. The van der Waals surface area contributed by atoms with Crippen molar-refractivity contribution < 1.29 is 9.53 Å². The van der Waals surface area contributed by atoms with Crippen LogP contribution in [0.3, 0.4) is 0 Å². The Morgan fingerprint density at radius 3 is 2.26 bits per heavy atom. The van der Waals surface area contributed by atoms with E-state index in [-0.39, 0.29) is 11.9 Å². The van der Waals surface area contributed by atoms with Gasteiger partial charge in [-0.2, -0.15) is 0 Å². The molecule has 0 heterocycles. The molecule has 0 aliphatic rings. The van der Waals surface area contributed by atoms with Crippen molar-refractivity contribution in [3.05, 3.63) is 65.2 Å². The zero-order valence-corrected chi connectivity index (χ0v) is 13.9. The predicted octanol–water partition coefficient (Wildman–Crippen LogP) is 2.89. The Balaban J connectivity index is 2.16. The molecule has 0 saturated heterocycles. The number of carbonyl (C=O) groups excluding carboxylic acids is 1. The lowest BCUT2D eigenvalue weighted by molar-refractivity contribution is -0.123. The van der Waals surface area contributed by atoms with Gasteiger partial charge in [-0.05, 0) is 37.5 Å². The Labute approximate surface area is 137 Å². The number of amides is 1. The second kappa shape index (κ2) is 7.79. The Morgan fingerprint density at radius 1 is 1.09 bits per heavy atom. The van der Waals surface area contributed by atoms with Crippen molar-refractivity contribution >= 4 is 5.91 Å². The summed E-state index contributed by atoms with van der Waals surface area (Å²) in [6.07, 6.45) is 0. The molecule has 2 rings (SSSR count). The molecule has 4 nitrogen and oxygen atoms in total. The molecule has 1 amide bonds. The summed E-state index contributed by atoms with van der Waals surface area (Å²) in [6.45, 7) is 6.05. The maximum Gasteiger partial charge on any atom is 0.237 e. The Morgan fingerprint density at radius 2 is 1.70 bits per heavy atom. The lowest BCUT2D eigenvalue weighted by Gasteiger charge is -2.22. The summed E-state index contributed by atoms with van der Waals surface area (Å²) in [4.78, 5) is 12.0. The number of nitrogens with one attached hydrogen (secondary N) is 1. The summed E-state index contributed by atoms with van der Waals surface area (Å²) in [7, 11) is 0. The van der Waals surface area contributed by atoms with Gasteiger partial charge in [0.05, 0.1) is 12.1 Å². The van der Waals surface area contributed by atoms with Crippen LogP contribution in [0.25, 0.3) is 0 Å². The second-order valence-corrected chi connectivity index (χ2v) is 5.79. The number of rotatable bonds is 6. The van der Waals surface area contributed by atoms with E-state index in [4.69, 9.17) is 10.5 Å². The normalized spacial score (nSPS) is 13.2. The summed E-state index contributed by atoms with van der Waals surface area (Å²) >= 11 is 0. The largest absolute Gasteiger partial charge is 0.491 e. The third-order valence-corrected chi connectivity index (χ3v) is 3.74. The average Bonchev–Trinajstić information content (AvgIpc) is 2.53. The third-order valence-electron chi connectivity index (χ3n) is 3.74. The van der Waals surface area contributed by atoms with Gasteiger partial charge in [0.2, 0.25) is 5.91 Å². The van der Waals surface area contributed by atoms with E-state index >= 15 is 0 Å². The van der Waals surface area contributed by atoms with Crippen molar-refractivity contribution in [1.29, 1.82) is 0 Å². The van der Waals surface area contributed by atoms with E-state index in [9.17, 15) is 4.79 Å². The molecule has 1 unspecified atom stereocenters. The first kappa shape index (κ1) is 17.0. The molecule has 4 heteroatoms. The van der Waals surface area contributed by atoms with E-state index < -0.39 is 6.04 Å². The minimum Gasteiger partial charge on any atom is -0.491 e. The highest BCUT2D eigenvalue weighted by Gasteiger charge is 2.18. The SMILES string of the molecule is Cc1cccc(C)c1OCC(NC(=O)[C@H](C)N)c1ccccc1. The quantitative estimate of drug-likeness (QED) is 0.862. The van der Waals surface area contributed by atoms with E-state index in [0.29, 0.717) is 6.61 Å². The molecule has 3 N–H and O–H groups in total. The van der Waals surface area contributed by atoms with Crippen LogP contribution in [0.4, 0.5) is 0 Å². The zero-order chi connectivity index (χ0) is 16.8. The van der Waals surface area contributed by atoms with E-state index in [1.165, 1.54) is 0 Å². The average molecular weight is 312 g/mol. The van der Waals surface area contributed by atoms with Crippen LogP contribution in [0.2, 0.25) is 0 Å². The van der Waals surface area contributed by atoms with Crippen LogP contribution in [-0.4, -0.2) is 18.6 Å². The number of hydrogen-bond acceptors (Lipinski definition) is 3. The number of hydrogen-bond donors (Lipinski definition) is 2. The van der Waals surface area contributed by atoms with Crippen molar-refractivity contribution in [2.24, 2.45) is 5.73 Å². The monoisotopic (exact) mass is 312 g/mol. The predicted molar refractivity (Wildman–Crippen MR) is 92.4 cm³/mol. The second-order valence-electron chi connectivity index (χ2n) is 5.79. The van der Waals surface area contributed by atoms with Gasteiger partial charge in [0.25, 0.3) is 0 Å². The third kappa shape index (κ3) is 4.57. The number of aryl methyl sites for hydroxylation is 2. The van der Waals surface area contributed by atoms with Crippen molar-refractivity contribution in [2.45, 2.75) is 32.9 Å². The smallest absolute Gasteiger partial charge is 0.237 e. The summed E-state index contributed by atoms with van der Waals surface area (Å²) < 4.78 is 6.01. The van der Waals surface area contributed by atoms with Gasteiger partial charge >= 0.3 is 0 Å². The zero-order valence-electron chi connectivity index (χ0n) is 13.9. The van der Waals surface area contributed by atoms with Crippen LogP contribution >= 0.6 is 0 Å². The molecule has 23 heavy (non-hydrogen) atoms. The van der Waals surface area contributed by atoms with Crippen LogP contribution in [0.5, 0.6) is 5.75 Å². The topological polar surface area (TPSA) is 64.3 Å². The van der Waals surface area contributed by atoms with Gasteiger partial charge in [0.1, 0.15) is 12.4 Å². The molecule has 2 atom stereocenters. The fourth-order valence-corrected chi connectivity index (χ4v) is 2.40. The van der Waals surface area contributed by atoms with Gasteiger partial charge in [0.15, 0.2) is 0 Å². The van der Waals surface area contributed by atoms with Crippen LogP contribution in [-0.2, 0) is 4.79 Å². The number of nitrogens with two attached hydrogens (primary N) is 1. The van der Waals surface area contributed by atoms with Gasteiger partial charge in [0, 0.05) is 0 Å². The lowest BCUT2D eigenvalue weighted by Crippen LogP contribution is -2.42. The van der Waals surface area contributed by atoms with Crippen molar-refractivity contribution in [2.75, 3.05) is 6.61 Å². The van der Waals surface area contributed by atoms with E-state index in [2.05, 4.69) is 5.32 Å². The molecule has 0 fully saturated rings.